The van der Waals surface area contributed by atoms with Crippen LogP contribution in [-0.4, -0.2) is 36.6 Å². The molecule has 1 aliphatic carbocycles. The van der Waals surface area contributed by atoms with Crippen molar-refractivity contribution in [3.8, 4) is 0 Å². The van der Waals surface area contributed by atoms with Crippen LogP contribution in [0.4, 0.5) is 0 Å². The van der Waals surface area contributed by atoms with Gasteiger partial charge in [-0.2, -0.15) is 0 Å². The molecule has 1 aromatic heterocycles. The molecule has 0 unspecified atom stereocenters. The van der Waals surface area contributed by atoms with Crippen LogP contribution in [-0.2, 0) is 15.9 Å². The van der Waals surface area contributed by atoms with Crippen LogP contribution in [0.15, 0.2) is 10.9 Å². The predicted molar refractivity (Wildman–Crippen MR) is 70.7 cm³/mol. The van der Waals surface area contributed by atoms with Gasteiger partial charge in [-0.3, -0.25) is 0 Å². The van der Waals surface area contributed by atoms with Gasteiger partial charge in [0, 0.05) is 37.2 Å². The molecule has 18 heavy (non-hydrogen) atoms. The summed E-state index contributed by atoms with van der Waals surface area (Å²) in [6, 6.07) is 0.613. The Morgan fingerprint density at radius 1 is 1.33 bits per heavy atom. The first kappa shape index (κ1) is 12.5. The topological polar surface area (TPSA) is 43.4 Å². The zero-order chi connectivity index (χ0) is 12.3. The Hall–Kier alpha value is -0.490. The fourth-order valence-corrected chi connectivity index (χ4v) is 3.41. The van der Waals surface area contributed by atoms with Crippen LogP contribution in [0.2, 0.25) is 0 Å². The summed E-state index contributed by atoms with van der Waals surface area (Å²) in [6.45, 7) is 2.55. The van der Waals surface area contributed by atoms with E-state index in [9.17, 15) is 0 Å². The zero-order valence-electron chi connectivity index (χ0n) is 10.6. The molecule has 0 amide bonds. The first-order valence-corrected chi connectivity index (χ1v) is 7.69. The molecule has 100 valence electrons. The Balaban J connectivity index is 1.38. The van der Waals surface area contributed by atoms with Crippen LogP contribution in [0, 0.1) is 0 Å². The Labute approximate surface area is 112 Å². The molecule has 0 radical (unpaired) electrons. The lowest BCUT2D eigenvalue weighted by molar-refractivity contribution is -0.179. The van der Waals surface area contributed by atoms with Crippen LogP contribution < -0.4 is 5.32 Å². The first-order chi connectivity index (χ1) is 8.86. The van der Waals surface area contributed by atoms with E-state index < -0.39 is 0 Å². The summed E-state index contributed by atoms with van der Waals surface area (Å²) >= 11 is 1.67. The van der Waals surface area contributed by atoms with E-state index in [1.165, 1.54) is 5.69 Å². The maximum atomic E-state index is 5.73. The molecule has 0 bridgehead atoms. The highest BCUT2D eigenvalue weighted by atomic mass is 32.1. The number of aromatic nitrogens is 1. The molecule has 1 spiro atoms. The van der Waals surface area contributed by atoms with Gasteiger partial charge in [-0.1, -0.05) is 0 Å². The molecular weight excluding hydrogens is 248 g/mol. The minimum absolute atomic E-state index is 0.229. The van der Waals surface area contributed by atoms with Gasteiger partial charge in [0.25, 0.3) is 0 Å². The fourth-order valence-electron chi connectivity index (χ4n) is 2.81. The number of nitrogens with zero attached hydrogens (tertiary/aromatic N) is 1. The van der Waals surface area contributed by atoms with Gasteiger partial charge >= 0.3 is 0 Å². The van der Waals surface area contributed by atoms with E-state index in [-0.39, 0.29) is 5.79 Å². The van der Waals surface area contributed by atoms with E-state index in [4.69, 9.17) is 9.47 Å². The molecule has 1 aliphatic heterocycles. The summed E-state index contributed by atoms with van der Waals surface area (Å²) in [4.78, 5) is 4.30. The van der Waals surface area contributed by atoms with Gasteiger partial charge in [0.05, 0.1) is 24.4 Å². The van der Waals surface area contributed by atoms with Gasteiger partial charge in [-0.05, 0) is 12.8 Å². The number of thiazole rings is 1. The number of ether oxygens (including phenoxy) is 2. The standard InChI is InChI=1S/C13H20N2O2S/c1-4-13(16-7-8-17-13)5-2-11(1)14-6-3-12-9-18-10-15-12/h9-11,14H,1-8H2. The van der Waals surface area contributed by atoms with E-state index in [1.807, 2.05) is 5.51 Å². The number of rotatable bonds is 4. The van der Waals surface area contributed by atoms with E-state index in [2.05, 4.69) is 15.7 Å². The minimum atomic E-state index is -0.229. The second-order valence-corrected chi connectivity index (χ2v) is 5.78. The molecule has 4 nitrogen and oxygen atoms in total. The molecule has 2 fully saturated rings. The van der Waals surface area contributed by atoms with Crippen LogP contribution in [0.1, 0.15) is 31.4 Å². The predicted octanol–water partition coefficient (Wildman–Crippen LogP) is 1.96. The lowest BCUT2D eigenvalue weighted by Gasteiger charge is -2.35. The Morgan fingerprint density at radius 3 is 2.78 bits per heavy atom. The van der Waals surface area contributed by atoms with Gasteiger partial charge in [0.2, 0.25) is 0 Å². The van der Waals surface area contributed by atoms with Crippen molar-refractivity contribution in [1.82, 2.24) is 10.3 Å². The molecule has 0 aromatic carbocycles. The molecule has 1 N–H and O–H groups in total. The van der Waals surface area contributed by atoms with Crippen molar-refractivity contribution in [2.45, 2.75) is 43.9 Å². The van der Waals surface area contributed by atoms with Crippen LogP contribution in [0.25, 0.3) is 0 Å². The van der Waals surface area contributed by atoms with Gasteiger partial charge < -0.3 is 14.8 Å². The molecule has 3 rings (SSSR count). The molecule has 1 saturated carbocycles. The summed E-state index contributed by atoms with van der Waals surface area (Å²) in [5.41, 5.74) is 3.09. The average molecular weight is 268 g/mol. The Morgan fingerprint density at radius 2 is 2.11 bits per heavy atom. The third kappa shape index (κ3) is 2.91. The third-order valence-corrected chi connectivity index (χ3v) is 4.49. The van der Waals surface area contributed by atoms with E-state index in [0.717, 1.165) is 51.9 Å². The molecule has 1 saturated heterocycles. The second kappa shape index (κ2) is 5.65. The summed E-state index contributed by atoms with van der Waals surface area (Å²) in [7, 11) is 0. The van der Waals surface area contributed by atoms with Gasteiger partial charge in [-0.25, -0.2) is 4.98 Å². The van der Waals surface area contributed by atoms with Crippen molar-refractivity contribution < 1.29 is 9.47 Å². The van der Waals surface area contributed by atoms with Gasteiger partial charge in [0.1, 0.15) is 0 Å². The van der Waals surface area contributed by atoms with Crippen molar-refractivity contribution >= 4 is 11.3 Å². The van der Waals surface area contributed by atoms with Crippen molar-refractivity contribution in [1.29, 1.82) is 0 Å². The SMILES string of the molecule is c1nc(CCNC2CCC3(CC2)OCCO3)cs1. The fraction of sp³-hybridized carbons (Fsp3) is 0.769. The van der Waals surface area contributed by atoms with E-state index >= 15 is 0 Å². The van der Waals surface area contributed by atoms with Gasteiger partial charge in [0.15, 0.2) is 5.79 Å². The molecular formula is C13H20N2O2S. The van der Waals surface area contributed by atoms with E-state index in [1.54, 1.807) is 11.3 Å². The third-order valence-electron chi connectivity index (χ3n) is 3.86. The van der Waals surface area contributed by atoms with Crippen molar-refractivity contribution in [3.63, 3.8) is 0 Å². The lowest BCUT2D eigenvalue weighted by Crippen LogP contribution is -2.42. The Kier molecular flexibility index (Phi) is 3.94. The highest BCUT2D eigenvalue weighted by Gasteiger charge is 2.39. The smallest absolute Gasteiger partial charge is 0.168 e. The summed E-state index contributed by atoms with van der Waals surface area (Å²) in [6.07, 6.45) is 5.38. The van der Waals surface area contributed by atoms with Crippen molar-refractivity contribution in [2.75, 3.05) is 19.8 Å². The molecule has 2 aliphatic rings. The summed E-state index contributed by atoms with van der Waals surface area (Å²) < 4.78 is 11.5. The van der Waals surface area contributed by atoms with Crippen LogP contribution in [0.3, 0.4) is 0 Å². The largest absolute Gasteiger partial charge is 0.348 e. The lowest BCUT2D eigenvalue weighted by atomic mass is 9.90. The number of hydrogen-bond donors (Lipinski definition) is 1. The highest BCUT2D eigenvalue weighted by molar-refractivity contribution is 7.07. The highest BCUT2D eigenvalue weighted by Crippen LogP contribution is 2.35. The second-order valence-electron chi connectivity index (χ2n) is 5.07. The Bertz CT molecular complexity index is 353. The van der Waals surface area contributed by atoms with E-state index in [0.29, 0.717) is 6.04 Å². The average Bonchev–Trinajstić information content (AvgIpc) is 3.04. The van der Waals surface area contributed by atoms with Gasteiger partial charge in [-0.15, -0.1) is 11.3 Å². The maximum Gasteiger partial charge on any atom is 0.168 e. The normalized spacial score (nSPS) is 23.8. The van der Waals surface area contributed by atoms with Crippen LogP contribution in [0.5, 0.6) is 0 Å². The quantitative estimate of drug-likeness (QED) is 0.906. The molecule has 1 aromatic rings. The summed E-state index contributed by atoms with van der Waals surface area (Å²) in [5.74, 6) is -0.229. The zero-order valence-corrected chi connectivity index (χ0v) is 11.4. The number of hydrogen-bond acceptors (Lipinski definition) is 5. The molecule has 2 heterocycles. The first-order valence-electron chi connectivity index (χ1n) is 6.75. The van der Waals surface area contributed by atoms with Crippen molar-refractivity contribution in [3.05, 3.63) is 16.6 Å². The maximum absolute atomic E-state index is 5.73. The van der Waals surface area contributed by atoms with Crippen molar-refractivity contribution in [2.24, 2.45) is 0 Å². The number of nitrogens with one attached hydrogen (secondary N) is 1. The van der Waals surface area contributed by atoms with Crippen LogP contribution >= 0.6 is 11.3 Å². The summed E-state index contributed by atoms with van der Waals surface area (Å²) in [5, 5.41) is 5.74. The minimum Gasteiger partial charge on any atom is -0.348 e. The monoisotopic (exact) mass is 268 g/mol. The molecule has 5 heteroatoms. The molecule has 0 atom stereocenters.